The number of benzene rings is 1. The summed E-state index contributed by atoms with van der Waals surface area (Å²) in [6.07, 6.45) is -4.46. The zero-order chi connectivity index (χ0) is 15.5. The third kappa shape index (κ3) is 4.09. The number of hydrogen-bond donors (Lipinski definition) is 1. The van der Waals surface area contributed by atoms with E-state index in [1.165, 1.54) is 26.0 Å². The van der Waals surface area contributed by atoms with Gasteiger partial charge in [-0.1, -0.05) is 6.07 Å². The summed E-state index contributed by atoms with van der Waals surface area (Å²) in [7, 11) is 0. The number of aliphatic hydroxyl groups is 1. The second-order valence-corrected chi connectivity index (χ2v) is 4.58. The fourth-order valence-corrected chi connectivity index (χ4v) is 1.80. The molecule has 1 N–H and O–H groups in total. The zero-order valence-electron chi connectivity index (χ0n) is 11.0. The van der Waals surface area contributed by atoms with E-state index in [4.69, 9.17) is 5.11 Å². The molecule has 0 saturated heterocycles. The lowest BCUT2D eigenvalue weighted by Crippen LogP contribution is -2.39. The lowest BCUT2D eigenvalue weighted by Gasteiger charge is -2.29. The Balaban J connectivity index is 3.29. The summed E-state index contributed by atoms with van der Waals surface area (Å²) in [4.78, 5) is 11.2. The third-order valence-electron chi connectivity index (χ3n) is 2.70. The third-order valence-corrected chi connectivity index (χ3v) is 2.70. The first-order chi connectivity index (χ1) is 9.15. The largest absolute Gasteiger partial charge is 0.405 e. The van der Waals surface area contributed by atoms with Crippen molar-refractivity contribution in [3.8, 4) is 0 Å². The van der Waals surface area contributed by atoms with E-state index in [-0.39, 0.29) is 11.3 Å². The average molecular weight is 292 g/mol. The van der Waals surface area contributed by atoms with Crippen molar-refractivity contribution in [1.82, 2.24) is 0 Å². The molecule has 0 radical (unpaired) electrons. The first-order valence-corrected chi connectivity index (χ1v) is 5.87. The van der Waals surface area contributed by atoms with Gasteiger partial charge in [-0.3, -0.25) is 10.1 Å². The normalized spacial score (nSPS) is 11.8. The van der Waals surface area contributed by atoms with E-state index in [0.717, 1.165) is 11.0 Å². The molecular formula is C12H15F3N2O3. The molecule has 0 fully saturated rings. The van der Waals surface area contributed by atoms with E-state index in [1.54, 1.807) is 0 Å². The molecule has 1 aromatic carbocycles. The fourth-order valence-electron chi connectivity index (χ4n) is 1.80. The number of nitro benzene ring substituents is 1. The summed E-state index contributed by atoms with van der Waals surface area (Å²) in [5.74, 6) is 0. The number of anilines is 1. The van der Waals surface area contributed by atoms with Crippen LogP contribution in [0.3, 0.4) is 0 Å². The quantitative estimate of drug-likeness (QED) is 0.669. The van der Waals surface area contributed by atoms with Crippen LogP contribution in [0.1, 0.15) is 19.4 Å². The molecule has 0 unspecified atom stereocenters. The minimum atomic E-state index is -4.46. The molecule has 1 aromatic rings. The SMILES string of the molecule is CC(C)N(CC(F)(F)F)c1ccc(CO)cc1[N+](=O)[O-]. The van der Waals surface area contributed by atoms with Gasteiger partial charge in [0.2, 0.25) is 0 Å². The lowest BCUT2D eigenvalue weighted by molar-refractivity contribution is -0.384. The van der Waals surface area contributed by atoms with Crippen molar-refractivity contribution in [2.75, 3.05) is 11.4 Å². The highest BCUT2D eigenvalue weighted by Crippen LogP contribution is 2.33. The number of alkyl halides is 3. The molecule has 0 saturated carbocycles. The van der Waals surface area contributed by atoms with Crippen LogP contribution in [0, 0.1) is 10.1 Å². The van der Waals surface area contributed by atoms with Gasteiger partial charge < -0.3 is 10.0 Å². The number of nitro groups is 1. The Morgan fingerprint density at radius 3 is 2.40 bits per heavy atom. The van der Waals surface area contributed by atoms with Crippen LogP contribution >= 0.6 is 0 Å². The van der Waals surface area contributed by atoms with Gasteiger partial charge >= 0.3 is 6.18 Å². The molecule has 0 heterocycles. The molecule has 1 rings (SSSR count). The molecule has 0 amide bonds. The van der Waals surface area contributed by atoms with Crippen LogP contribution in [0.4, 0.5) is 24.5 Å². The van der Waals surface area contributed by atoms with Gasteiger partial charge in [0, 0.05) is 12.1 Å². The molecule has 8 heteroatoms. The van der Waals surface area contributed by atoms with Gasteiger partial charge in [0.1, 0.15) is 12.2 Å². The number of rotatable bonds is 5. The second kappa shape index (κ2) is 6.08. The highest BCUT2D eigenvalue weighted by Gasteiger charge is 2.34. The fraction of sp³-hybridized carbons (Fsp3) is 0.500. The van der Waals surface area contributed by atoms with Crippen molar-refractivity contribution in [2.24, 2.45) is 0 Å². The molecule has 20 heavy (non-hydrogen) atoms. The van der Waals surface area contributed by atoms with Crippen molar-refractivity contribution in [2.45, 2.75) is 32.7 Å². The second-order valence-electron chi connectivity index (χ2n) is 4.58. The topological polar surface area (TPSA) is 66.6 Å². The Hall–Kier alpha value is -1.83. The van der Waals surface area contributed by atoms with E-state index >= 15 is 0 Å². The van der Waals surface area contributed by atoms with Crippen molar-refractivity contribution in [3.05, 3.63) is 33.9 Å². The maximum Gasteiger partial charge on any atom is 0.405 e. The number of aliphatic hydroxyl groups excluding tert-OH is 1. The van der Waals surface area contributed by atoms with Crippen molar-refractivity contribution < 1.29 is 23.2 Å². The molecule has 0 aliphatic heterocycles. The van der Waals surface area contributed by atoms with Crippen LogP contribution in [-0.4, -0.2) is 28.8 Å². The first-order valence-electron chi connectivity index (χ1n) is 5.87. The molecule has 5 nitrogen and oxygen atoms in total. The predicted molar refractivity (Wildman–Crippen MR) is 67.6 cm³/mol. The van der Waals surface area contributed by atoms with Crippen LogP contribution in [0.15, 0.2) is 18.2 Å². The molecule has 0 aliphatic carbocycles. The summed E-state index contributed by atoms with van der Waals surface area (Å²) in [5, 5.41) is 20.0. The minimum absolute atomic E-state index is 0.112. The zero-order valence-corrected chi connectivity index (χ0v) is 11.0. The number of hydrogen-bond acceptors (Lipinski definition) is 4. The molecule has 0 aromatic heterocycles. The summed E-state index contributed by atoms with van der Waals surface area (Å²) in [6.45, 7) is 1.36. The highest BCUT2D eigenvalue weighted by molar-refractivity contribution is 5.65. The summed E-state index contributed by atoms with van der Waals surface area (Å²) < 4.78 is 37.7. The van der Waals surface area contributed by atoms with Crippen LogP contribution < -0.4 is 4.90 Å². The smallest absolute Gasteiger partial charge is 0.392 e. The van der Waals surface area contributed by atoms with Crippen LogP contribution in [0.25, 0.3) is 0 Å². The monoisotopic (exact) mass is 292 g/mol. The Morgan fingerprint density at radius 2 is 2.00 bits per heavy atom. The predicted octanol–water partition coefficient (Wildman–Crippen LogP) is 2.86. The van der Waals surface area contributed by atoms with Crippen molar-refractivity contribution in [1.29, 1.82) is 0 Å². The van der Waals surface area contributed by atoms with Gasteiger partial charge in [0.05, 0.1) is 11.5 Å². The maximum atomic E-state index is 12.6. The summed E-state index contributed by atoms with van der Waals surface area (Å²) >= 11 is 0. The van der Waals surface area contributed by atoms with E-state index in [2.05, 4.69) is 0 Å². The standard InChI is InChI=1S/C12H15F3N2O3/c1-8(2)16(7-12(13,14)15)10-4-3-9(6-18)5-11(10)17(19)20/h3-5,8,18H,6-7H2,1-2H3. The van der Waals surface area contributed by atoms with Gasteiger partial charge in [-0.2, -0.15) is 13.2 Å². The molecule has 0 atom stereocenters. The minimum Gasteiger partial charge on any atom is -0.392 e. The van der Waals surface area contributed by atoms with Crippen molar-refractivity contribution >= 4 is 11.4 Å². The van der Waals surface area contributed by atoms with Gasteiger partial charge in [-0.15, -0.1) is 0 Å². The molecule has 0 bridgehead atoms. The highest BCUT2D eigenvalue weighted by atomic mass is 19.4. The van der Waals surface area contributed by atoms with E-state index in [0.29, 0.717) is 0 Å². The van der Waals surface area contributed by atoms with Gasteiger partial charge in [-0.05, 0) is 25.5 Å². The Bertz CT molecular complexity index is 489. The average Bonchev–Trinajstić information content (AvgIpc) is 2.34. The van der Waals surface area contributed by atoms with Crippen LogP contribution in [0.2, 0.25) is 0 Å². The van der Waals surface area contributed by atoms with Crippen LogP contribution in [-0.2, 0) is 6.61 Å². The Kier molecular flexibility index (Phi) is 4.93. The molecule has 0 aliphatic rings. The van der Waals surface area contributed by atoms with Crippen LogP contribution in [0.5, 0.6) is 0 Å². The Morgan fingerprint density at radius 1 is 1.40 bits per heavy atom. The maximum absolute atomic E-state index is 12.6. The van der Waals surface area contributed by atoms with E-state index < -0.39 is 36.0 Å². The molecule has 0 spiro atoms. The van der Waals surface area contributed by atoms with E-state index in [9.17, 15) is 23.3 Å². The summed E-state index contributed by atoms with van der Waals surface area (Å²) in [6, 6.07) is 3.13. The first kappa shape index (κ1) is 16.2. The van der Waals surface area contributed by atoms with E-state index in [1.807, 2.05) is 0 Å². The Labute approximate surface area is 113 Å². The lowest BCUT2D eigenvalue weighted by atomic mass is 10.1. The van der Waals surface area contributed by atoms with Gasteiger partial charge in [0.25, 0.3) is 5.69 Å². The number of halogens is 3. The van der Waals surface area contributed by atoms with Crippen molar-refractivity contribution in [3.63, 3.8) is 0 Å². The van der Waals surface area contributed by atoms with Gasteiger partial charge in [-0.25, -0.2) is 0 Å². The number of nitrogens with zero attached hydrogens (tertiary/aromatic N) is 2. The van der Waals surface area contributed by atoms with Gasteiger partial charge in [0.15, 0.2) is 0 Å². The molecule has 112 valence electrons. The molecular weight excluding hydrogens is 277 g/mol. The summed E-state index contributed by atoms with van der Waals surface area (Å²) in [5.41, 5.74) is -0.287.